The molecule has 1 N–H and O–H groups in total. The lowest BCUT2D eigenvalue weighted by Crippen LogP contribution is -2.67. The fourth-order valence-electron chi connectivity index (χ4n) is 2.69. The van der Waals surface area contributed by atoms with E-state index in [-0.39, 0.29) is 17.3 Å². The number of halogens is 3. The van der Waals surface area contributed by atoms with Crippen LogP contribution in [0.5, 0.6) is 0 Å². The van der Waals surface area contributed by atoms with Gasteiger partial charge in [0, 0.05) is 18.2 Å². The molecule has 1 fully saturated rings. The monoisotopic (exact) mass is 431 g/mol. The number of amides is 1. The van der Waals surface area contributed by atoms with Gasteiger partial charge in [-0.2, -0.15) is 13.2 Å². The lowest BCUT2D eigenvalue weighted by Gasteiger charge is -2.49. The van der Waals surface area contributed by atoms with E-state index in [9.17, 15) is 45.9 Å². The second-order valence-electron chi connectivity index (χ2n) is 5.65. The summed E-state index contributed by atoms with van der Waals surface area (Å²) in [4.78, 5) is 45.9. The van der Waals surface area contributed by atoms with E-state index in [1.54, 1.807) is 0 Å². The summed E-state index contributed by atoms with van der Waals surface area (Å²) >= 11 is -0.257. The number of thioether (sulfide) groups is 1. The van der Waals surface area contributed by atoms with Crippen LogP contribution in [-0.4, -0.2) is 71.0 Å². The maximum Gasteiger partial charge on any atom is 0.460 e. The van der Waals surface area contributed by atoms with Crippen LogP contribution in [0, 0.1) is 5.92 Å². The Labute approximate surface area is 154 Å². The van der Waals surface area contributed by atoms with E-state index in [1.165, 1.54) is 0 Å². The molecule has 0 aromatic heterocycles. The Morgan fingerprint density at radius 2 is 1.93 bits per heavy atom. The van der Waals surface area contributed by atoms with Gasteiger partial charge in [-0.05, 0) is 0 Å². The van der Waals surface area contributed by atoms with Gasteiger partial charge < -0.3 is 9.84 Å². The Morgan fingerprint density at radius 1 is 1.33 bits per heavy atom. The van der Waals surface area contributed by atoms with Crippen molar-refractivity contribution >= 4 is 44.6 Å². The molecule has 0 aromatic carbocycles. The minimum absolute atomic E-state index is 0.257. The van der Waals surface area contributed by atoms with Crippen molar-refractivity contribution in [1.29, 1.82) is 0 Å². The van der Waals surface area contributed by atoms with E-state index in [2.05, 4.69) is 4.74 Å². The first-order chi connectivity index (χ1) is 12.3. The number of sulfone groups is 1. The molecule has 0 unspecified atom stereocenters. The highest BCUT2D eigenvalue weighted by molar-refractivity contribution is 8.13. The van der Waals surface area contributed by atoms with Crippen molar-refractivity contribution in [3.8, 4) is 0 Å². The molecule has 1 saturated heterocycles. The SMILES string of the molecule is CC(=O)OCC1=C(C(=O)O)N2C(=O)[C@@H](CSC(=O)C(F)(F)F)[C@H]2S(=O)(=O)C1. The predicted molar refractivity (Wildman–Crippen MR) is 82.7 cm³/mol. The van der Waals surface area contributed by atoms with Crippen molar-refractivity contribution in [3.63, 3.8) is 0 Å². The molecule has 0 saturated carbocycles. The predicted octanol–water partition coefficient (Wildman–Crippen LogP) is -0.0768. The van der Waals surface area contributed by atoms with Gasteiger partial charge in [-0.1, -0.05) is 11.8 Å². The fourth-order valence-corrected chi connectivity index (χ4v) is 5.75. The summed E-state index contributed by atoms with van der Waals surface area (Å²) < 4.78 is 66.2. The highest BCUT2D eigenvalue weighted by atomic mass is 32.2. The van der Waals surface area contributed by atoms with Gasteiger partial charge in [0.05, 0.1) is 11.7 Å². The standard InChI is InChI=1S/C13H12F3NO8S2/c1-5(18)25-2-6-4-27(23,24)10-7(3-26-12(22)13(14,15)16)9(19)17(10)8(6)11(20)21/h7,10H,2-4H2,1H3,(H,20,21)/t7-,10-/m1/s1. The van der Waals surface area contributed by atoms with Crippen molar-refractivity contribution in [2.45, 2.75) is 18.5 Å². The Hall–Kier alpha value is -2.09. The maximum atomic E-state index is 12.4. The average molecular weight is 431 g/mol. The number of alkyl halides is 3. The summed E-state index contributed by atoms with van der Waals surface area (Å²) in [7, 11) is -4.17. The first-order valence-corrected chi connectivity index (χ1v) is 9.84. The summed E-state index contributed by atoms with van der Waals surface area (Å²) in [6.07, 6.45) is -5.15. The molecule has 0 bridgehead atoms. The van der Waals surface area contributed by atoms with Gasteiger partial charge >= 0.3 is 18.1 Å². The molecular formula is C13H12F3NO8S2. The van der Waals surface area contributed by atoms with Crippen molar-refractivity contribution in [3.05, 3.63) is 11.3 Å². The van der Waals surface area contributed by atoms with Crippen LogP contribution < -0.4 is 0 Å². The second kappa shape index (κ2) is 7.14. The summed E-state index contributed by atoms with van der Waals surface area (Å²) in [6, 6.07) is 0. The van der Waals surface area contributed by atoms with Crippen LogP contribution in [0.15, 0.2) is 11.3 Å². The summed E-state index contributed by atoms with van der Waals surface area (Å²) in [5.41, 5.74) is -1.02. The van der Waals surface area contributed by atoms with E-state index in [1.807, 2.05) is 0 Å². The Kier molecular flexibility index (Phi) is 5.61. The lowest BCUT2D eigenvalue weighted by atomic mass is 9.97. The normalized spacial score (nSPS) is 24.1. The molecule has 2 rings (SSSR count). The van der Waals surface area contributed by atoms with Gasteiger partial charge in [-0.15, -0.1) is 0 Å². The average Bonchev–Trinajstić information content (AvgIpc) is 2.50. The molecule has 2 aliphatic rings. The van der Waals surface area contributed by atoms with E-state index >= 15 is 0 Å². The van der Waals surface area contributed by atoms with Crippen LogP contribution in [0.1, 0.15) is 6.92 Å². The molecule has 2 aliphatic heterocycles. The number of β-lactam (4-membered cyclic amide) rings is 1. The Bertz CT molecular complexity index is 848. The molecule has 2 heterocycles. The van der Waals surface area contributed by atoms with Gasteiger partial charge in [0.15, 0.2) is 15.2 Å². The summed E-state index contributed by atoms with van der Waals surface area (Å²) in [5, 5.41) is 5.42. The third kappa shape index (κ3) is 4.10. The van der Waals surface area contributed by atoms with Crippen molar-refractivity contribution < 1.29 is 50.6 Å². The zero-order valence-corrected chi connectivity index (χ0v) is 15.1. The number of aliphatic carboxylic acids is 1. The van der Waals surface area contributed by atoms with Gasteiger partial charge in [-0.25, -0.2) is 13.2 Å². The smallest absolute Gasteiger partial charge is 0.460 e. The number of hydrogen-bond acceptors (Lipinski definition) is 8. The van der Waals surface area contributed by atoms with Crippen LogP contribution in [0.4, 0.5) is 13.2 Å². The first kappa shape index (κ1) is 21.2. The number of carbonyl (C=O) groups excluding carboxylic acids is 3. The van der Waals surface area contributed by atoms with E-state index in [0.717, 1.165) is 6.92 Å². The van der Waals surface area contributed by atoms with Crippen LogP contribution in [0.2, 0.25) is 0 Å². The number of carbonyl (C=O) groups is 4. The number of esters is 1. The Balaban J connectivity index is 2.29. The minimum atomic E-state index is -5.15. The molecule has 0 radical (unpaired) electrons. The highest BCUT2D eigenvalue weighted by Crippen LogP contribution is 2.42. The van der Waals surface area contributed by atoms with Crippen LogP contribution in [-0.2, 0) is 33.8 Å². The number of hydrogen-bond donors (Lipinski definition) is 1. The number of rotatable bonds is 5. The second-order valence-corrected chi connectivity index (χ2v) is 8.74. The van der Waals surface area contributed by atoms with Gasteiger partial charge in [0.2, 0.25) is 5.91 Å². The molecule has 150 valence electrons. The maximum absolute atomic E-state index is 12.4. The largest absolute Gasteiger partial charge is 0.477 e. The van der Waals surface area contributed by atoms with E-state index in [4.69, 9.17) is 0 Å². The number of fused-ring (bicyclic) bond motifs is 1. The van der Waals surface area contributed by atoms with Crippen LogP contribution in [0.25, 0.3) is 0 Å². The summed E-state index contributed by atoms with van der Waals surface area (Å²) in [6.45, 7) is 0.347. The Morgan fingerprint density at radius 3 is 2.41 bits per heavy atom. The fraction of sp³-hybridized carbons (Fsp3) is 0.538. The molecule has 0 aliphatic carbocycles. The number of nitrogens with zero attached hydrogens (tertiary/aromatic N) is 1. The van der Waals surface area contributed by atoms with Gasteiger partial charge in [0.1, 0.15) is 12.3 Å². The van der Waals surface area contributed by atoms with Gasteiger partial charge in [-0.3, -0.25) is 19.3 Å². The number of carboxylic acid groups (broad SMARTS) is 1. The minimum Gasteiger partial charge on any atom is -0.477 e. The van der Waals surface area contributed by atoms with Crippen molar-refractivity contribution in [1.82, 2.24) is 4.90 Å². The quantitative estimate of drug-likeness (QED) is 0.468. The topological polar surface area (TPSA) is 135 Å². The highest BCUT2D eigenvalue weighted by Gasteiger charge is 2.60. The van der Waals surface area contributed by atoms with E-state index < -0.39 is 74.1 Å². The lowest BCUT2D eigenvalue weighted by molar-refractivity contribution is -0.160. The van der Waals surface area contributed by atoms with Gasteiger partial charge in [0.25, 0.3) is 5.12 Å². The molecule has 1 amide bonds. The van der Waals surface area contributed by atoms with Crippen LogP contribution >= 0.6 is 11.8 Å². The molecule has 9 nitrogen and oxygen atoms in total. The third-order valence-corrected chi connectivity index (χ3v) is 6.80. The number of ether oxygens (including phenoxy) is 1. The molecule has 2 atom stereocenters. The first-order valence-electron chi connectivity index (χ1n) is 7.14. The zero-order chi connectivity index (χ0) is 20.7. The van der Waals surface area contributed by atoms with E-state index in [0.29, 0.717) is 4.90 Å². The van der Waals surface area contributed by atoms with Crippen molar-refractivity contribution in [2.75, 3.05) is 18.1 Å². The molecular weight excluding hydrogens is 419 g/mol. The van der Waals surface area contributed by atoms with Crippen molar-refractivity contribution in [2.24, 2.45) is 5.92 Å². The van der Waals surface area contributed by atoms with Crippen LogP contribution in [0.3, 0.4) is 0 Å². The third-order valence-electron chi connectivity index (χ3n) is 3.75. The molecule has 14 heteroatoms. The summed E-state index contributed by atoms with van der Waals surface area (Å²) in [5.74, 6) is -6.59. The molecule has 0 spiro atoms. The molecule has 0 aromatic rings. The number of carboxylic acids is 1. The molecule has 27 heavy (non-hydrogen) atoms. The zero-order valence-electron chi connectivity index (χ0n) is 13.5.